The number of rotatable bonds is 3. The molecule has 18 heavy (non-hydrogen) atoms. The van der Waals surface area contributed by atoms with Gasteiger partial charge in [0.2, 0.25) is 0 Å². The minimum absolute atomic E-state index is 0.227. The molecule has 0 aromatic heterocycles. The van der Waals surface area contributed by atoms with Crippen molar-refractivity contribution in [2.24, 2.45) is 5.73 Å². The van der Waals surface area contributed by atoms with Crippen LogP contribution in [-0.4, -0.2) is 34.6 Å². The average Bonchev–Trinajstić information content (AvgIpc) is 2.66. The SMILES string of the molecule is NC1(C(=O)O)CCN(Cc2ccc(Cl)cc2F)C1. The van der Waals surface area contributed by atoms with E-state index in [2.05, 4.69) is 0 Å². The molecule has 0 radical (unpaired) electrons. The Morgan fingerprint density at radius 1 is 1.61 bits per heavy atom. The third-order valence-corrected chi connectivity index (χ3v) is 3.45. The van der Waals surface area contributed by atoms with Gasteiger partial charge in [-0.25, -0.2) is 4.39 Å². The van der Waals surface area contributed by atoms with Gasteiger partial charge in [0.15, 0.2) is 0 Å². The van der Waals surface area contributed by atoms with E-state index in [1.807, 2.05) is 4.90 Å². The maximum absolute atomic E-state index is 13.6. The quantitative estimate of drug-likeness (QED) is 0.874. The molecule has 4 nitrogen and oxygen atoms in total. The normalized spacial score (nSPS) is 24.4. The van der Waals surface area contributed by atoms with E-state index < -0.39 is 11.5 Å². The molecule has 1 fully saturated rings. The molecule has 1 aromatic carbocycles. The second-order valence-corrected chi connectivity index (χ2v) is 5.09. The van der Waals surface area contributed by atoms with Crippen LogP contribution < -0.4 is 5.73 Å². The molecule has 98 valence electrons. The molecule has 1 saturated heterocycles. The number of halogens is 2. The number of nitrogens with two attached hydrogens (primary N) is 1. The average molecular weight is 273 g/mol. The van der Waals surface area contributed by atoms with Crippen LogP contribution >= 0.6 is 11.6 Å². The summed E-state index contributed by atoms with van der Waals surface area (Å²) < 4.78 is 13.6. The molecule has 1 aromatic rings. The zero-order valence-electron chi connectivity index (χ0n) is 9.70. The third-order valence-electron chi connectivity index (χ3n) is 3.21. The fraction of sp³-hybridized carbons (Fsp3) is 0.417. The van der Waals surface area contributed by atoms with Crippen LogP contribution in [0.2, 0.25) is 5.02 Å². The Kier molecular flexibility index (Phi) is 3.56. The van der Waals surface area contributed by atoms with Crippen LogP contribution in [0.5, 0.6) is 0 Å². The summed E-state index contributed by atoms with van der Waals surface area (Å²) in [5.41, 5.74) is 5.03. The summed E-state index contributed by atoms with van der Waals surface area (Å²) in [6.07, 6.45) is 0.373. The minimum Gasteiger partial charge on any atom is -0.480 e. The van der Waals surface area contributed by atoms with E-state index in [-0.39, 0.29) is 12.4 Å². The summed E-state index contributed by atoms with van der Waals surface area (Å²) in [6.45, 7) is 1.12. The van der Waals surface area contributed by atoms with Crippen LogP contribution in [-0.2, 0) is 11.3 Å². The second-order valence-electron chi connectivity index (χ2n) is 4.66. The third kappa shape index (κ3) is 2.63. The minimum atomic E-state index is -1.22. The lowest BCUT2D eigenvalue weighted by Gasteiger charge is -2.20. The number of hydrogen-bond donors (Lipinski definition) is 2. The number of carboxylic acid groups (broad SMARTS) is 1. The highest BCUT2D eigenvalue weighted by Crippen LogP contribution is 2.23. The van der Waals surface area contributed by atoms with E-state index in [4.69, 9.17) is 22.4 Å². The summed E-state index contributed by atoms with van der Waals surface area (Å²) in [6, 6.07) is 4.47. The molecular weight excluding hydrogens is 259 g/mol. The van der Waals surface area contributed by atoms with Crippen LogP contribution in [0, 0.1) is 5.82 Å². The Hall–Kier alpha value is -1.17. The Labute approximate surface area is 109 Å². The van der Waals surface area contributed by atoms with Gasteiger partial charge in [-0.2, -0.15) is 0 Å². The number of nitrogens with zero attached hydrogens (tertiary/aromatic N) is 1. The van der Waals surface area contributed by atoms with Gasteiger partial charge in [0, 0.05) is 30.2 Å². The predicted octanol–water partition coefficient (Wildman–Crippen LogP) is 1.47. The van der Waals surface area contributed by atoms with Crippen molar-refractivity contribution in [3.8, 4) is 0 Å². The van der Waals surface area contributed by atoms with E-state index in [9.17, 15) is 9.18 Å². The molecule has 3 N–H and O–H groups in total. The van der Waals surface area contributed by atoms with E-state index in [0.29, 0.717) is 30.1 Å². The molecule has 0 spiro atoms. The lowest BCUT2D eigenvalue weighted by molar-refractivity contribution is -0.142. The van der Waals surface area contributed by atoms with Crippen molar-refractivity contribution in [3.05, 3.63) is 34.6 Å². The Morgan fingerprint density at radius 2 is 2.33 bits per heavy atom. The van der Waals surface area contributed by atoms with Gasteiger partial charge in [-0.1, -0.05) is 17.7 Å². The molecule has 2 rings (SSSR count). The molecule has 1 aliphatic rings. The molecule has 0 amide bonds. The number of benzene rings is 1. The van der Waals surface area contributed by atoms with Gasteiger partial charge >= 0.3 is 5.97 Å². The number of aliphatic carboxylic acids is 1. The smallest absolute Gasteiger partial charge is 0.325 e. The Bertz CT molecular complexity index is 483. The number of carbonyl (C=O) groups is 1. The van der Waals surface area contributed by atoms with Crippen molar-refractivity contribution in [1.29, 1.82) is 0 Å². The van der Waals surface area contributed by atoms with Gasteiger partial charge in [0.05, 0.1) is 0 Å². The van der Waals surface area contributed by atoms with Gasteiger partial charge in [-0.15, -0.1) is 0 Å². The van der Waals surface area contributed by atoms with E-state index >= 15 is 0 Å². The topological polar surface area (TPSA) is 66.6 Å². The highest BCUT2D eigenvalue weighted by molar-refractivity contribution is 6.30. The summed E-state index contributed by atoms with van der Waals surface area (Å²) >= 11 is 5.67. The van der Waals surface area contributed by atoms with Crippen molar-refractivity contribution >= 4 is 17.6 Å². The van der Waals surface area contributed by atoms with Gasteiger partial charge in [-0.3, -0.25) is 9.69 Å². The number of carboxylic acids is 1. The second kappa shape index (κ2) is 4.84. The van der Waals surface area contributed by atoms with Crippen LogP contribution in [0.3, 0.4) is 0 Å². The highest BCUT2D eigenvalue weighted by atomic mass is 35.5. The standard InChI is InChI=1S/C12H14ClFN2O2/c13-9-2-1-8(10(14)5-9)6-16-4-3-12(15,7-16)11(17)18/h1-2,5H,3-4,6-7,15H2,(H,17,18). The zero-order valence-corrected chi connectivity index (χ0v) is 10.5. The summed E-state index contributed by atoms with van der Waals surface area (Å²) in [7, 11) is 0. The van der Waals surface area contributed by atoms with Crippen LogP contribution in [0.1, 0.15) is 12.0 Å². The first kappa shape index (κ1) is 13.3. The van der Waals surface area contributed by atoms with Crippen molar-refractivity contribution < 1.29 is 14.3 Å². The first-order chi connectivity index (χ1) is 8.40. The maximum Gasteiger partial charge on any atom is 0.325 e. The molecule has 0 bridgehead atoms. The molecular formula is C12H14ClFN2O2. The molecule has 0 saturated carbocycles. The lowest BCUT2D eigenvalue weighted by Crippen LogP contribution is -2.50. The van der Waals surface area contributed by atoms with Gasteiger partial charge in [0.1, 0.15) is 11.4 Å². The number of hydrogen-bond acceptors (Lipinski definition) is 3. The van der Waals surface area contributed by atoms with E-state index in [1.165, 1.54) is 6.07 Å². The molecule has 1 aliphatic heterocycles. The van der Waals surface area contributed by atoms with Gasteiger partial charge < -0.3 is 10.8 Å². The molecule has 1 unspecified atom stereocenters. The Balaban J connectivity index is 2.06. The van der Waals surface area contributed by atoms with E-state index in [0.717, 1.165) is 0 Å². The monoisotopic (exact) mass is 272 g/mol. The maximum atomic E-state index is 13.6. The van der Waals surface area contributed by atoms with Crippen molar-refractivity contribution in [2.75, 3.05) is 13.1 Å². The predicted molar refractivity (Wildman–Crippen MR) is 65.9 cm³/mol. The van der Waals surface area contributed by atoms with Crippen LogP contribution in [0.4, 0.5) is 4.39 Å². The lowest BCUT2D eigenvalue weighted by atomic mass is 10.0. The fourth-order valence-corrected chi connectivity index (χ4v) is 2.27. The Morgan fingerprint density at radius 3 is 2.89 bits per heavy atom. The molecule has 1 atom stereocenters. The first-order valence-corrected chi connectivity index (χ1v) is 5.97. The van der Waals surface area contributed by atoms with Gasteiger partial charge in [-0.05, 0) is 18.6 Å². The molecule has 6 heteroatoms. The zero-order chi connectivity index (χ0) is 13.3. The molecule has 1 heterocycles. The summed E-state index contributed by atoms with van der Waals surface area (Å²) in [4.78, 5) is 12.8. The van der Waals surface area contributed by atoms with Crippen molar-refractivity contribution in [2.45, 2.75) is 18.5 Å². The first-order valence-electron chi connectivity index (χ1n) is 5.59. The molecule has 0 aliphatic carbocycles. The van der Waals surface area contributed by atoms with Gasteiger partial charge in [0.25, 0.3) is 0 Å². The summed E-state index contributed by atoms with van der Waals surface area (Å²) in [5, 5.41) is 9.35. The highest BCUT2D eigenvalue weighted by Gasteiger charge is 2.41. The summed E-state index contributed by atoms with van der Waals surface area (Å²) in [5.74, 6) is -1.39. The number of likely N-dealkylation sites (tertiary alicyclic amines) is 1. The van der Waals surface area contributed by atoms with Crippen LogP contribution in [0.25, 0.3) is 0 Å². The van der Waals surface area contributed by atoms with Crippen molar-refractivity contribution in [3.63, 3.8) is 0 Å². The largest absolute Gasteiger partial charge is 0.480 e. The van der Waals surface area contributed by atoms with Crippen LogP contribution in [0.15, 0.2) is 18.2 Å². The van der Waals surface area contributed by atoms with E-state index in [1.54, 1.807) is 12.1 Å². The fourth-order valence-electron chi connectivity index (χ4n) is 2.12. The van der Waals surface area contributed by atoms with Crippen molar-refractivity contribution in [1.82, 2.24) is 4.90 Å².